The number of nitrogens with zero attached hydrogens (tertiary/aromatic N) is 1. The molecule has 0 bridgehead atoms. The van der Waals surface area contributed by atoms with E-state index in [0.717, 1.165) is 15.8 Å². The third-order valence-electron chi connectivity index (χ3n) is 2.85. The van der Waals surface area contributed by atoms with Crippen LogP contribution in [0.3, 0.4) is 0 Å². The van der Waals surface area contributed by atoms with Gasteiger partial charge in [0.15, 0.2) is 0 Å². The molecule has 2 rings (SSSR count). The zero-order valence-corrected chi connectivity index (χ0v) is 12.6. The van der Waals surface area contributed by atoms with E-state index in [2.05, 4.69) is 40.8 Å². The first-order valence-electron chi connectivity index (χ1n) is 6.22. The van der Waals surface area contributed by atoms with Gasteiger partial charge in [0.05, 0.1) is 0 Å². The third-order valence-corrected chi connectivity index (χ3v) is 3.28. The summed E-state index contributed by atoms with van der Waals surface area (Å²) in [6.45, 7) is 4.70. The number of aromatic nitrogens is 1. The Bertz CT molecular complexity index is 570. The van der Waals surface area contributed by atoms with Crippen molar-refractivity contribution in [2.75, 3.05) is 0 Å². The first kappa shape index (κ1) is 14.0. The van der Waals surface area contributed by atoms with Crippen LogP contribution in [0, 0.1) is 0 Å². The standard InChI is InChI=1S/C15H17BrN2O/c1-10(2)11-4-3-5-14(7-11)19-15-12(8-17)6-13(16)9-18-15/h3-7,9-10H,8,17H2,1-2H3. The molecular weight excluding hydrogens is 304 g/mol. The smallest absolute Gasteiger partial charge is 0.223 e. The van der Waals surface area contributed by atoms with Crippen molar-refractivity contribution in [2.24, 2.45) is 5.73 Å². The lowest BCUT2D eigenvalue weighted by molar-refractivity contribution is 0.455. The van der Waals surface area contributed by atoms with E-state index in [0.29, 0.717) is 18.3 Å². The molecule has 1 heterocycles. The van der Waals surface area contributed by atoms with Crippen molar-refractivity contribution in [3.8, 4) is 11.6 Å². The van der Waals surface area contributed by atoms with Gasteiger partial charge in [-0.15, -0.1) is 0 Å². The Morgan fingerprint density at radius 2 is 2.11 bits per heavy atom. The average molecular weight is 321 g/mol. The molecule has 1 aromatic carbocycles. The highest BCUT2D eigenvalue weighted by molar-refractivity contribution is 9.10. The van der Waals surface area contributed by atoms with Gasteiger partial charge in [-0.3, -0.25) is 0 Å². The van der Waals surface area contributed by atoms with Crippen LogP contribution >= 0.6 is 15.9 Å². The maximum Gasteiger partial charge on any atom is 0.223 e. The maximum absolute atomic E-state index is 5.83. The summed E-state index contributed by atoms with van der Waals surface area (Å²) in [4.78, 5) is 4.27. The number of pyridine rings is 1. The van der Waals surface area contributed by atoms with E-state index >= 15 is 0 Å². The summed E-state index contributed by atoms with van der Waals surface area (Å²) in [6.07, 6.45) is 1.71. The Balaban J connectivity index is 2.28. The molecule has 0 aliphatic heterocycles. The summed E-state index contributed by atoms with van der Waals surface area (Å²) in [5.74, 6) is 1.82. The molecule has 0 saturated carbocycles. The molecule has 0 unspecified atom stereocenters. The molecule has 0 fully saturated rings. The molecule has 0 aliphatic rings. The minimum atomic E-state index is 0.394. The molecule has 0 atom stereocenters. The van der Waals surface area contributed by atoms with Gasteiger partial charge in [0, 0.05) is 22.8 Å². The molecular formula is C15H17BrN2O. The van der Waals surface area contributed by atoms with Crippen molar-refractivity contribution in [1.82, 2.24) is 4.98 Å². The van der Waals surface area contributed by atoms with Crippen LogP contribution < -0.4 is 10.5 Å². The Morgan fingerprint density at radius 3 is 2.79 bits per heavy atom. The van der Waals surface area contributed by atoms with Crippen LogP contribution in [-0.2, 0) is 6.54 Å². The quantitative estimate of drug-likeness (QED) is 0.917. The maximum atomic E-state index is 5.83. The van der Waals surface area contributed by atoms with Crippen molar-refractivity contribution in [1.29, 1.82) is 0 Å². The summed E-state index contributed by atoms with van der Waals surface area (Å²) in [6, 6.07) is 9.97. The van der Waals surface area contributed by atoms with Crippen molar-refractivity contribution in [3.63, 3.8) is 0 Å². The topological polar surface area (TPSA) is 48.1 Å². The van der Waals surface area contributed by atoms with Crippen LogP contribution in [-0.4, -0.2) is 4.98 Å². The molecule has 19 heavy (non-hydrogen) atoms. The normalized spacial score (nSPS) is 10.8. The second kappa shape index (κ2) is 6.17. The molecule has 0 amide bonds. The van der Waals surface area contributed by atoms with E-state index in [4.69, 9.17) is 10.5 Å². The van der Waals surface area contributed by atoms with Crippen LogP contribution in [0.15, 0.2) is 41.0 Å². The number of hydrogen-bond donors (Lipinski definition) is 1. The largest absolute Gasteiger partial charge is 0.439 e. The molecule has 2 aromatic rings. The molecule has 0 spiro atoms. The van der Waals surface area contributed by atoms with Gasteiger partial charge >= 0.3 is 0 Å². The van der Waals surface area contributed by atoms with E-state index < -0.39 is 0 Å². The second-order valence-electron chi connectivity index (χ2n) is 4.65. The van der Waals surface area contributed by atoms with Crippen LogP contribution in [0.5, 0.6) is 11.6 Å². The Morgan fingerprint density at radius 1 is 1.32 bits per heavy atom. The van der Waals surface area contributed by atoms with Gasteiger partial charge in [0.2, 0.25) is 5.88 Å². The van der Waals surface area contributed by atoms with E-state index in [-0.39, 0.29) is 0 Å². The molecule has 0 saturated heterocycles. The SMILES string of the molecule is CC(C)c1cccc(Oc2ncc(Br)cc2CN)c1. The van der Waals surface area contributed by atoms with Crippen LogP contribution in [0.1, 0.15) is 30.9 Å². The van der Waals surface area contributed by atoms with Crippen molar-refractivity contribution < 1.29 is 4.74 Å². The second-order valence-corrected chi connectivity index (χ2v) is 5.57. The average Bonchev–Trinajstić information content (AvgIpc) is 2.41. The lowest BCUT2D eigenvalue weighted by Crippen LogP contribution is -2.01. The molecule has 3 nitrogen and oxygen atoms in total. The van der Waals surface area contributed by atoms with Gasteiger partial charge in [0.1, 0.15) is 5.75 Å². The van der Waals surface area contributed by atoms with E-state index in [9.17, 15) is 0 Å². The summed E-state index contributed by atoms with van der Waals surface area (Å²) < 4.78 is 6.73. The van der Waals surface area contributed by atoms with Gasteiger partial charge in [-0.05, 0) is 45.6 Å². The predicted octanol–water partition coefficient (Wildman–Crippen LogP) is 4.22. The zero-order valence-electron chi connectivity index (χ0n) is 11.1. The van der Waals surface area contributed by atoms with Crippen molar-refractivity contribution >= 4 is 15.9 Å². The van der Waals surface area contributed by atoms with Gasteiger partial charge in [-0.2, -0.15) is 0 Å². The summed E-state index contributed by atoms with van der Waals surface area (Å²) in [5, 5.41) is 0. The molecule has 0 aliphatic carbocycles. The fraction of sp³-hybridized carbons (Fsp3) is 0.267. The van der Waals surface area contributed by atoms with Gasteiger partial charge in [0.25, 0.3) is 0 Å². The number of benzene rings is 1. The van der Waals surface area contributed by atoms with Crippen molar-refractivity contribution in [3.05, 3.63) is 52.1 Å². The first-order valence-corrected chi connectivity index (χ1v) is 7.01. The lowest BCUT2D eigenvalue weighted by Gasteiger charge is -2.11. The molecule has 4 heteroatoms. The molecule has 2 N–H and O–H groups in total. The summed E-state index contributed by atoms with van der Waals surface area (Å²) >= 11 is 3.38. The first-order chi connectivity index (χ1) is 9.10. The fourth-order valence-corrected chi connectivity index (χ4v) is 2.13. The number of rotatable bonds is 4. The third kappa shape index (κ3) is 3.55. The number of halogens is 1. The highest BCUT2D eigenvalue weighted by atomic mass is 79.9. The van der Waals surface area contributed by atoms with E-state index in [1.807, 2.05) is 24.3 Å². The highest BCUT2D eigenvalue weighted by Gasteiger charge is 2.07. The molecule has 1 aromatic heterocycles. The molecule has 0 radical (unpaired) electrons. The van der Waals surface area contributed by atoms with Gasteiger partial charge in [-0.1, -0.05) is 26.0 Å². The number of ether oxygens (including phenoxy) is 1. The van der Waals surface area contributed by atoms with Crippen LogP contribution in [0.2, 0.25) is 0 Å². The monoisotopic (exact) mass is 320 g/mol. The minimum absolute atomic E-state index is 0.394. The van der Waals surface area contributed by atoms with E-state index in [1.165, 1.54) is 5.56 Å². The van der Waals surface area contributed by atoms with Crippen LogP contribution in [0.25, 0.3) is 0 Å². The number of hydrogen-bond acceptors (Lipinski definition) is 3. The van der Waals surface area contributed by atoms with Gasteiger partial charge in [-0.25, -0.2) is 4.98 Å². The van der Waals surface area contributed by atoms with E-state index in [1.54, 1.807) is 6.20 Å². The Kier molecular flexibility index (Phi) is 4.56. The minimum Gasteiger partial charge on any atom is -0.439 e. The predicted molar refractivity (Wildman–Crippen MR) is 80.4 cm³/mol. The molecule has 100 valence electrons. The Hall–Kier alpha value is -1.39. The number of nitrogens with two attached hydrogens (primary N) is 1. The zero-order chi connectivity index (χ0) is 13.8. The van der Waals surface area contributed by atoms with Crippen molar-refractivity contribution in [2.45, 2.75) is 26.3 Å². The lowest BCUT2D eigenvalue weighted by atomic mass is 10.0. The highest BCUT2D eigenvalue weighted by Crippen LogP contribution is 2.27. The summed E-state index contributed by atoms with van der Waals surface area (Å²) in [5.41, 5.74) is 7.83. The fourth-order valence-electron chi connectivity index (χ4n) is 1.76. The summed E-state index contributed by atoms with van der Waals surface area (Å²) in [7, 11) is 0. The van der Waals surface area contributed by atoms with Crippen LogP contribution in [0.4, 0.5) is 0 Å². The Labute approximate surface area is 121 Å². The van der Waals surface area contributed by atoms with Gasteiger partial charge < -0.3 is 10.5 Å².